The Bertz CT molecular complexity index is 1950. The van der Waals surface area contributed by atoms with Crippen LogP contribution in [0, 0.1) is 0 Å². The van der Waals surface area contributed by atoms with Crippen molar-refractivity contribution in [3.05, 3.63) is 97.1 Å². The molecule has 172 valence electrons. The molecule has 4 aliphatic heterocycles. The number of rotatable bonds is 3. The normalized spacial score (nSPS) is 13.9. The second-order valence-corrected chi connectivity index (χ2v) is 180. The SMILES string of the molecule is [Y][Y][Y][Y]1[c]2ccccc2B2c3cc4[c](c[c]3[Y]([Y][Y])[c]3ccc[c]1c32)[Y]([Y])[c]1ccc[c]2c1B4c1cccc[c]1[Y]2. The summed E-state index contributed by atoms with van der Waals surface area (Å²) in [4.78, 5) is 0. The van der Waals surface area contributed by atoms with Crippen LogP contribution < -0.4 is 51.8 Å². The third-order valence-corrected chi connectivity index (χ3v) is 278. The standard InChI is InChI=1S/C30H16B2.10Y/c1-5-14-25(15-6-1)31(26-16-7-2-8-17-26)29-22-13-23-30(24-29)32(27-18-9-3-10-19-27)28-20-11-4-12-21-28;;;;;;;;;;/h1-14,18,24H;;;;;;;;;;. The molecule has 4 aliphatic rings. The van der Waals surface area contributed by atoms with Gasteiger partial charge >= 0.3 is 364 Å². The Kier molecular flexibility index (Phi) is 12.7. The Morgan fingerprint density at radius 3 is 2.02 bits per heavy atom. The molecule has 9 rings (SSSR count). The molecule has 12 heteroatoms. The molecule has 0 nitrogen and oxygen atoms in total. The molecule has 0 saturated carbocycles. The van der Waals surface area contributed by atoms with Gasteiger partial charge in [0.25, 0.3) is 0 Å². The van der Waals surface area contributed by atoms with Crippen molar-refractivity contribution in [1.82, 2.24) is 0 Å². The molecule has 42 heavy (non-hydrogen) atoms. The first-order valence-corrected chi connectivity index (χ1v) is 94.2. The Labute approximate surface area is 351 Å². The van der Waals surface area contributed by atoms with Gasteiger partial charge in [-0.05, 0) is 0 Å². The van der Waals surface area contributed by atoms with Crippen molar-refractivity contribution in [2.45, 2.75) is 0 Å². The minimum atomic E-state index is -1.97. The fourth-order valence-electron chi connectivity index (χ4n) is 8.63. The van der Waals surface area contributed by atoms with Crippen molar-refractivity contribution in [2.75, 3.05) is 0 Å². The molecule has 0 N–H and O–H groups in total. The summed E-state index contributed by atoms with van der Waals surface area (Å²) in [7, 11) is 0. The summed E-state index contributed by atoms with van der Waals surface area (Å²) in [6.45, 7) is 1.09. The molecule has 0 fully saturated rings. The molecule has 5 aromatic carbocycles. The molecular weight excluding hydrogens is 1270 g/mol. The van der Waals surface area contributed by atoms with Crippen LogP contribution in [0.15, 0.2) is 97.1 Å². The summed E-state index contributed by atoms with van der Waals surface area (Å²) in [5, 5.41) is 0. The molecule has 0 unspecified atom stereocenters. The van der Waals surface area contributed by atoms with Gasteiger partial charge in [0, 0.05) is 0 Å². The first-order chi connectivity index (χ1) is 20.7. The fourth-order valence-corrected chi connectivity index (χ4v) is 280. The third-order valence-electron chi connectivity index (χ3n) is 10.3. The summed E-state index contributed by atoms with van der Waals surface area (Å²) < 4.78 is 15.7. The van der Waals surface area contributed by atoms with E-state index in [0.717, 1.165) is 0 Å². The van der Waals surface area contributed by atoms with Crippen LogP contribution in [0.2, 0.25) is 0 Å². The van der Waals surface area contributed by atoms with E-state index < -0.39 is 103 Å². The van der Waals surface area contributed by atoms with Gasteiger partial charge in [0.05, 0.1) is 0 Å². The van der Waals surface area contributed by atoms with E-state index in [1.807, 2.05) is 39.2 Å². The molecule has 0 amide bonds. The van der Waals surface area contributed by atoms with Gasteiger partial charge in [0.15, 0.2) is 0 Å². The van der Waals surface area contributed by atoms with Gasteiger partial charge in [0.1, 0.15) is 0 Å². The van der Waals surface area contributed by atoms with Gasteiger partial charge in [-0.15, -0.1) is 0 Å². The zero-order valence-corrected chi connectivity index (χ0v) is 51.5. The predicted octanol–water partition coefficient (Wildman–Crippen LogP) is -3.91. The van der Waals surface area contributed by atoms with E-state index in [2.05, 4.69) is 102 Å². The van der Waals surface area contributed by atoms with E-state index in [1.165, 1.54) is 23.5 Å². The van der Waals surface area contributed by atoms with Gasteiger partial charge < -0.3 is 0 Å². The molecular formula is C30H16B2Y10. The van der Waals surface area contributed by atoms with Crippen molar-refractivity contribution in [3.63, 3.8) is 0 Å². The molecule has 0 bridgehead atoms. The number of fused-ring (bicyclic) bond motifs is 8. The van der Waals surface area contributed by atoms with E-state index in [4.69, 9.17) is 0 Å². The maximum atomic E-state index is 3.02. The first kappa shape index (κ1) is 35.0. The molecule has 0 aromatic heterocycles. The van der Waals surface area contributed by atoms with Crippen molar-refractivity contribution >= 4 is 65.2 Å². The van der Waals surface area contributed by atoms with Crippen LogP contribution in [0.1, 0.15) is 0 Å². The summed E-state index contributed by atoms with van der Waals surface area (Å²) in [5.41, 5.74) is 11.1. The number of hydrogen-bond acceptors (Lipinski definition) is 0. The summed E-state index contributed by atoms with van der Waals surface area (Å²) >= 11 is -2.55. The maximum absolute atomic E-state index is 3.02. The van der Waals surface area contributed by atoms with Crippen LogP contribution in [-0.2, 0) is 202 Å². The van der Waals surface area contributed by atoms with Gasteiger partial charge in [-0.2, -0.15) is 0 Å². The van der Waals surface area contributed by atoms with Crippen molar-refractivity contribution in [1.29, 1.82) is 0 Å². The van der Waals surface area contributed by atoms with Crippen molar-refractivity contribution < 1.29 is 202 Å². The predicted molar refractivity (Wildman–Crippen MR) is 139 cm³/mol. The van der Waals surface area contributed by atoms with Gasteiger partial charge in [-0.3, -0.25) is 0 Å². The Morgan fingerprint density at radius 2 is 1.19 bits per heavy atom. The summed E-state index contributed by atoms with van der Waals surface area (Å²) in [5.74, 6) is 0. The van der Waals surface area contributed by atoms with Crippen molar-refractivity contribution in [2.24, 2.45) is 0 Å². The van der Waals surface area contributed by atoms with Crippen LogP contribution >= 0.6 is 0 Å². The van der Waals surface area contributed by atoms with Crippen LogP contribution in [0.25, 0.3) is 0 Å². The molecule has 0 spiro atoms. The molecule has 5 aromatic rings. The van der Waals surface area contributed by atoms with Crippen LogP contribution in [0.4, 0.5) is 0 Å². The van der Waals surface area contributed by atoms with Crippen molar-refractivity contribution in [3.8, 4) is 0 Å². The second-order valence-electron chi connectivity index (χ2n) is 12.1. The molecule has 0 radical (unpaired) electrons. The number of hydrogen-bond donors (Lipinski definition) is 0. The zero-order valence-electron chi connectivity index (χ0n) is 23.2. The molecule has 0 saturated heterocycles. The van der Waals surface area contributed by atoms with E-state index >= 15 is 0 Å². The topological polar surface area (TPSA) is 0 Å². The van der Waals surface area contributed by atoms with Gasteiger partial charge in [-0.25, -0.2) is 0 Å². The molecule has 4 heterocycles. The molecule has 0 aliphatic carbocycles. The van der Waals surface area contributed by atoms with E-state index in [1.54, 1.807) is 54.8 Å². The average molecular weight is 1290 g/mol. The fraction of sp³-hybridized carbons (Fsp3) is 0. The van der Waals surface area contributed by atoms with Gasteiger partial charge in [0.2, 0.25) is 0 Å². The molecule has 0 atom stereocenters. The summed E-state index contributed by atoms with van der Waals surface area (Å²) in [6, 6.07) is 41.6. The zero-order chi connectivity index (χ0) is 28.1. The quantitative estimate of drug-likeness (QED) is 0.159. The summed E-state index contributed by atoms with van der Waals surface area (Å²) in [6.07, 6.45) is 0. The van der Waals surface area contributed by atoms with Crippen LogP contribution in [0.5, 0.6) is 0 Å². The second kappa shape index (κ2) is 15.2. The van der Waals surface area contributed by atoms with Gasteiger partial charge in [-0.1, -0.05) is 0 Å². The van der Waals surface area contributed by atoms with Crippen LogP contribution in [0.3, 0.4) is 0 Å². The average Bonchev–Trinajstić information content (AvgIpc) is 3.03. The van der Waals surface area contributed by atoms with E-state index in [9.17, 15) is 0 Å². The van der Waals surface area contributed by atoms with Crippen LogP contribution in [-0.4, -0.2) is 13.4 Å². The number of benzene rings is 5. The Morgan fingerprint density at radius 1 is 0.548 bits per heavy atom. The monoisotopic (exact) mass is 1290 g/mol. The minimum absolute atomic E-state index is 0.0955. The Hall–Kier alpha value is 7.27. The van der Waals surface area contributed by atoms with E-state index in [0.29, 0.717) is 13.4 Å². The first-order valence-electron chi connectivity index (χ1n) is 14.8. The Balaban J connectivity index is 1.35. The third kappa shape index (κ3) is 5.96. The van der Waals surface area contributed by atoms with E-state index in [-0.39, 0.29) is 28.5 Å².